The van der Waals surface area contributed by atoms with Gasteiger partial charge in [0, 0.05) is 11.8 Å². The van der Waals surface area contributed by atoms with Crippen molar-refractivity contribution in [2.45, 2.75) is 0 Å². The molecule has 0 saturated carbocycles. The summed E-state index contributed by atoms with van der Waals surface area (Å²) in [7, 11) is 0. The second-order valence-corrected chi connectivity index (χ2v) is 9.28. The number of halogens is 1. The van der Waals surface area contributed by atoms with Gasteiger partial charge in [0.2, 0.25) is 5.89 Å². The highest BCUT2D eigenvalue weighted by atomic mass is 19.1. The van der Waals surface area contributed by atoms with E-state index in [0.717, 1.165) is 38.9 Å². The predicted octanol–water partition coefficient (Wildman–Crippen LogP) is 9.18. The Morgan fingerprint density at radius 3 is 1.53 bits per heavy atom. The summed E-state index contributed by atoms with van der Waals surface area (Å²) in [6, 6.07) is 40.0. The first-order valence-electron chi connectivity index (χ1n) is 12.4. The second-order valence-electron chi connectivity index (χ2n) is 9.28. The minimum atomic E-state index is -0.223. The summed E-state index contributed by atoms with van der Waals surface area (Å²) in [5, 5.41) is 2.37. The van der Waals surface area contributed by atoms with Gasteiger partial charge in [-0.25, -0.2) is 9.37 Å². The van der Waals surface area contributed by atoms with Crippen LogP contribution in [0.2, 0.25) is 0 Å². The molecule has 180 valence electrons. The van der Waals surface area contributed by atoms with Crippen molar-refractivity contribution < 1.29 is 8.81 Å². The second kappa shape index (κ2) is 9.09. The Morgan fingerprint density at radius 1 is 0.500 bits per heavy atom. The number of hydrogen-bond donors (Lipinski definition) is 0. The molecule has 0 N–H and O–H groups in total. The molecule has 5 aromatic carbocycles. The van der Waals surface area contributed by atoms with E-state index < -0.39 is 0 Å². The van der Waals surface area contributed by atoms with Crippen LogP contribution in [0.4, 0.5) is 4.39 Å². The number of oxazole rings is 1. The normalized spacial score (nSPS) is 11.3. The molecule has 2 aromatic heterocycles. The molecule has 3 nitrogen and oxygen atoms in total. The van der Waals surface area contributed by atoms with E-state index in [1.54, 1.807) is 18.3 Å². The Balaban J connectivity index is 1.14. The molecule has 38 heavy (non-hydrogen) atoms. The Labute approximate surface area is 218 Å². The first kappa shape index (κ1) is 22.1. The highest BCUT2D eigenvalue weighted by Crippen LogP contribution is 2.31. The summed E-state index contributed by atoms with van der Waals surface area (Å²) in [5.41, 5.74) is 8.88. The third kappa shape index (κ3) is 4.12. The van der Waals surface area contributed by atoms with Gasteiger partial charge >= 0.3 is 0 Å². The van der Waals surface area contributed by atoms with Crippen molar-refractivity contribution in [3.05, 3.63) is 133 Å². The molecule has 7 aromatic rings. The van der Waals surface area contributed by atoms with Gasteiger partial charge < -0.3 is 4.42 Å². The van der Waals surface area contributed by atoms with E-state index >= 15 is 0 Å². The summed E-state index contributed by atoms with van der Waals surface area (Å²) in [6.45, 7) is 0. The van der Waals surface area contributed by atoms with Gasteiger partial charge in [0.25, 0.3) is 0 Å². The van der Waals surface area contributed by atoms with Crippen molar-refractivity contribution in [2.24, 2.45) is 0 Å². The number of nitrogens with zero attached hydrogens (tertiary/aromatic N) is 2. The van der Waals surface area contributed by atoms with Gasteiger partial charge in [0.15, 0.2) is 11.2 Å². The molecule has 2 heterocycles. The Kier molecular flexibility index (Phi) is 5.30. The van der Waals surface area contributed by atoms with Crippen molar-refractivity contribution in [3.63, 3.8) is 0 Å². The molecule has 4 heteroatoms. The van der Waals surface area contributed by atoms with Crippen LogP contribution in [-0.2, 0) is 0 Å². The lowest BCUT2D eigenvalue weighted by molar-refractivity contribution is 0.619. The summed E-state index contributed by atoms with van der Waals surface area (Å²) in [4.78, 5) is 8.74. The SMILES string of the molecule is Fc1ccc(-c2ccc(-c3ccc4cc(-c5ccc(-c6nc7ncccc7o6)cc5)ccc4c3)cc2)cc1. The number of pyridine rings is 1. The fourth-order valence-electron chi connectivity index (χ4n) is 4.80. The average Bonchev–Trinajstić information content (AvgIpc) is 3.42. The molecule has 0 bridgehead atoms. The van der Waals surface area contributed by atoms with Gasteiger partial charge in [-0.05, 0) is 92.7 Å². The highest BCUT2D eigenvalue weighted by molar-refractivity contribution is 5.91. The van der Waals surface area contributed by atoms with E-state index in [9.17, 15) is 4.39 Å². The van der Waals surface area contributed by atoms with Crippen LogP contribution in [0, 0.1) is 5.82 Å². The molecule has 0 aliphatic carbocycles. The lowest BCUT2D eigenvalue weighted by Gasteiger charge is -2.09. The van der Waals surface area contributed by atoms with Gasteiger partial charge in [0.1, 0.15) is 5.82 Å². The van der Waals surface area contributed by atoms with E-state index in [-0.39, 0.29) is 5.82 Å². The lowest BCUT2D eigenvalue weighted by Crippen LogP contribution is -1.84. The summed E-state index contributed by atoms with van der Waals surface area (Å²) in [5.74, 6) is 0.349. The van der Waals surface area contributed by atoms with Crippen LogP contribution in [0.15, 0.2) is 132 Å². The van der Waals surface area contributed by atoms with Gasteiger partial charge in [-0.3, -0.25) is 0 Å². The number of fused-ring (bicyclic) bond motifs is 2. The monoisotopic (exact) mass is 492 g/mol. The first-order chi connectivity index (χ1) is 18.7. The zero-order valence-electron chi connectivity index (χ0n) is 20.3. The molecule has 0 unspecified atom stereocenters. The van der Waals surface area contributed by atoms with Crippen LogP contribution < -0.4 is 0 Å². The van der Waals surface area contributed by atoms with E-state index in [4.69, 9.17) is 4.42 Å². The largest absolute Gasteiger partial charge is 0.434 e. The zero-order chi connectivity index (χ0) is 25.5. The quantitative estimate of drug-likeness (QED) is 0.246. The lowest BCUT2D eigenvalue weighted by atomic mass is 9.96. The van der Waals surface area contributed by atoms with Crippen molar-refractivity contribution in [1.29, 1.82) is 0 Å². The average molecular weight is 493 g/mol. The fourth-order valence-corrected chi connectivity index (χ4v) is 4.80. The van der Waals surface area contributed by atoms with Gasteiger partial charge in [-0.2, -0.15) is 4.98 Å². The topological polar surface area (TPSA) is 38.9 Å². The van der Waals surface area contributed by atoms with Crippen LogP contribution in [0.25, 0.3) is 66.8 Å². The minimum Gasteiger partial charge on any atom is -0.434 e. The van der Waals surface area contributed by atoms with Gasteiger partial charge in [-0.1, -0.05) is 72.8 Å². The molecule has 0 aliphatic heterocycles. The van der Waals surface area contributed by atoms with E-state index in [1.807, 2.05) is 24.3 Å². The smallest absolute Gasteiger partial charge is 0.228 e. The first-order valence-corrected chi connectivity index (χ1v) is 12.4. The van der Waals surface area contributed by atoms with Crippen LogP contribution in [0.1, 0.15) is 0 Å². The molecule has 7 rings (SSSR count). The molecule has 0 aliphatic rings. The van der Waals surface area contributed by atoms with Gasteiger partial charge in [0.05, 0.1) is 0 Å². The fraction of sp³-hybridized carbons (Fsp3) is 0. The third-order valence-corrected chi connectivity index (χ3v) is 6.87. The van der Waals surface area contributed by atoms with Crippen LogP contribution >= 0.6 is 0 Å². The third-order valence-electron chi connectivity index (χ3n) is 6.87. The van der Waals surface area contributed by atoms with Crippen molar-refractivity contribution in [2.75, 3.05) is 0 Å². The predicted molar refractivity (Wildman–Crippen MR) is 151 cm³/mol. The maximum absolute atomic E-state index is 13.2. The Morgan fingerprint density at radius 2 is 0.974 bits per heavy atom. The molecule has 0 amide bonds. The maximum atomic E-state index is 13.2. The number of hydrogen-bond acceptors (Lipinski definition) is 3. The molecular weight excluding hydrogens is 471 g/mol. The molecule has 0 radical (unpaired) electrons. The molecule has 0 fully saturated rings. The number of aromatic nitrogens is 2. The Bertz CT molecular complexity index is 1870. The molecular formula is C34H21FN2O. The summed E-state index contributed by atoms with van der Waals surface area (Å²) >= 11 is 0. The number of rotatable bonds is 4. The van der Waals surface area contributed by atoms with Gasteiger partial charge in [-0.15, -0.1) is 0 Å². The molecule has 0 atom stereocenters. The van der Waals surface area contributed by atoms with E-state index in [2.05, 4.69) is 82.8 Å². The summed E-state index contributed by atoms with van der Waals surface area (Å²) in [6.07, 6.45) is 1.71. The van der Waals surface area contributed by atoms with E-state index in [0.29, 0.717) is 17.1 Å². The van der Waals surface area contributed by atoms with Crippen molar-refractivity contribution in [1.82, 2.24) is 9.97 Å². The minimum absolute atomic E-state index is 0.223. The molecule has 0 saturated heterocycles. The van der Waals surface area contributed by atoms with Crippen LogP contribution in [-0.4, -0.2) is 9.97 Å². The van der Waals surface area contributed by atoms with E-state index in [1.165, 1.54) is 22.9 Å². The highest BCUT2D eigenvalue weighted by Gasteiger charge is 2.09. The zero-order valence-corrected chi connectivity index (χ0v) is 20.3. The summed E-state index contributed by atoms with van der Waals surface area (Å²) < 4.78 is 19.1. The van der Waals surface area contributed by atoms with Crippen LogP contribution in [0.3, 0.4) is 0 Å². The standard InChI is InChI=1S/C34H21FN2O/c35-31-17-15-23(16-18-31)22-3-5-24(6-4-22)27-11-13-30-21-28(12-14-29(30)20-27)25-7-9-26(10-8-25)34-37-33-32(38-34)2-1-19-36-33/h1-21H. The Hall–Kier alpha value is -5.09. The van der Waals surface area contributed by atoms with Crippen LogP contribution in [0.5, 0.6) is 0 Å². The van der Waals surface area contributed by atoms with Crippen molar-refractivity contribution >= 4 is 22.0 Å². The maximum Gasteiger partial charge on any atom is 0.228 e. The van der Waals surface area contributed by atoms with Crippen molar-refractivity contribution in [3.8, 4) is 44.8 Å². The molecule has 0 spiro atoms. The number of benzene rings is 5.